The summed E-state index contributed by atoms with van der Waals surface area (Å²) in [7, 11) is 0. The molecule has 3 aromatic carbocycles. The minimum absolute atomic E-state index is 0.0666. The highest BCUT2D eigenvalue weighted by atomic mass is 16.6. The summed E-state index contributed by atoms with van der Waals surface area (Å²) in [6, 6.07) is 19.1. The van der Waals surface area contributed by atoms with Crippen molar-refractivity contribution in [3.63, 3.8) is 0 Å². The number of carboxylic acid groups (broad SMARTS) is 2. The molecule has 7 heteroatoms. The molecule has 0 aliphatic heterocycles. The van der Waals surface area contributed by atoms with Gasteiger partial charge in [0.1, 0.15) is 0 Å². The molecular formula is C24H22N2O5. The van der Waals surface area contributed by atoms with E-state index in [-0.39, 0.29) is 24.1 Å². The van der Waals surface area contributed by atoms with E-state index < -0.39 is 18.0 Å². The number of nitrogens with zero attached hydrogens (tertiary/aromatic N) is 1. The SMILES string of the molecule is C=NOC(c1ccccc1)c1c(CN)cccc1Cc1ccc(C(=O)O)cc1C(=O)O. The maximum absolute atomic E-state index is 11.8. The van der Waals surface area contributed by atoms with Crippen molar-refractivity contribution in [3.8, 4) is 0 Å². The molecule has 0 amide bonds. The Morgan fingerprint density at radius 2 is 1.65 bits per heavy atom. The predicted molar refractivity (Wildman–Crippen MR) is 116 cm³/mol. The number of rotatable bonds is 9. The number of hydrogen-bond donors (Lipinski definition) is 3. The second-order valence-electron chi connectivity index (χ2n) is 6.88. The van der Waals surface area contributed by atoms with Crippen LogP contribution in [-0.2, 0) is 17.8 Å². The van der Waals surface area contributed by atoms with Crippen LogP contribution in [0.4, 0.5) is 0 Å². The number of hydrogen-bond acceptors (Lipinski definition) is 5. The lowest BCUT2D eigenvalue weighted by Gasteiger charge is -2.22. The van der Waals surface area contributed by atoms with E-state index in [0.29, 0.717) is 5.56 Å². The lowest BCUT2D eigenvalue weighted by molar-refractivity contribution is 0.0695. The standard InChI is InChI=1S/C24H22N2O5/c1-26-31-22(15-6-3-2-4-7-15)21-17(8-5-9-19(21)14-25)12-16-10-11-18(23(27)28)13-20(16)24(29)30/h2-11,13,22H,1,12,14,25H2,(H,27,28)(H,29,30). The van der Waals surface area contributed by atoms with Crippen molar-refractivity contribution in [2.75, 3.05) is 0 Å². The van der Waals surface area contributed by atoms with Gasteiger partial charge >= 0.3 is 11.9 Å². The number of aromatic carboxylic acids is 2. The zero-order chi connectivity index (χ0) is 22.4. The van der Waals surface area contributed by atoms with Crippen LogP contribution in [0.1, 0.15) is 54.6 Å². The van der Waals surface area contributed by atoms with Gasteiger partial charge in [0.05, 0.1) is 11.1 Å². The molecule has 0 radical (unpaired) electrons. The normalized spacial score (nSPS) is 11.5. The van der Waals surface area contributed by atoms with Gasteiger partial charge in [-0.1, -0.05) is 54.6 Å². The molecule has 0 fully saturated rings. The first-order chi connectivity index (χ1) is 15.0. The highest BCUT2D eigenvalue weighted by molar-refractivity contribution is 5.95. The molecule has 3 aromatic rings. The number of carboxylic acids is 2. The average Bonchev–Trinajstić information content (AvgIpc) is 2.78. The molecule has 3 rings (SSSR count). The van der Waals surface area contributed by atoms with Crippen LogP contribution in [0.15, 0.2) is 71.9 Å². The molecule has 7 nitrogen and oxygen atoms in total. The number of oxime groups is 1. The monoisotopic (exact) mass is 418 g/mol. The molecule has 1 atom stereocenters. The third-order valence-corrected chi connectivity index (χ3v) is 5.02. The fourth-order valence-corrected chi connectivity index (χ4v) is 3.59. The molecule has 0 saturated heterocycles. The predicted octanol–water partition coefficient (Wildman–Crippen LogP) is 3.85. The zero-order valence-corrected chi connectivity index (χ0v) is 16.7. The topological polar surface area (TPSA) is 122 Å². The minimum atomic E-state index is -1.20. The van der Waals surface area contributed by atoms with Gasteiger partial charge in [-0.3, -0.25) is 0 Å². The Kier molecular flexibility index (Phi) is 6.79. The number of benzene rings is 3. The summed E-state index contributed by atoms with van der Waals surface area (Å²) >= 11 is 0. The van der Waals surface area contributed by atoms with Crippen LogP contribution in [0, 0.1) is 0 Å². The van der Waals surface area contributed by atoms with Crippen molar-refractivity contribution in [1.29, 1.82) is 0 Å². The highest BCUT2D eigenvalue weighted by Gasteiger charge is 2.24. The number of carbonyl (C=O) groups is 2. The molecule has 4 N–H and O–H groups in total. The molecule has 158 valence electrons. The highest BCUT2D eigenvalue weighted by Crippen LogP contribution is 2.33. The Bertz CT molecular complexity index is 1110. The summed E-state index contributed by atoms with van der Waals surface area (Å²) in [5.74, 6) is -2.38. The van der Waals surface area contributed by atoms with Gasteiger partial charge < -0.3 is 20.8 Å². The van der Waals surface area contributed by atoms with E-state index in [9.17, 15) is 19.8 Å². The Hall–Kier alpha value is -3.97. The summed E-state index contributed by atoms with van der Waals surface area (Å²) in [5, 5.41) is 22.5. The first-order valence-electron chi connectivity index (χ1n) is 9.53. The molecule has 0 spiro atoms. The number of nitrogens with two attached hydrogens (primary N) is 1. The van der Waals surface area contributed by atoms with Gasteiger partial charge in [0.25, 0.3) is 0 Å². The fraction of sp³-hybridized carbons (Fsp3) is 0.125. The van der Waals surface area contributed by atoms with Crippen LogP contribution < -0.4 is 5.73 Å². The van der Waals surface area contributed by atoms with Crippen LogP contribution in [0.5, 0.6) is 0 Å². The second kappa shape index (κ2) is 9.69. The summed E-state index contributed by atoms with van der Waals surface area (Å²) < 4.78 is 0. The molecule has 1 unspecified atom stereocenters. The summed E-state index contributed by atoms with van der Waals surface area (Å²) in [6.07, 6.45) is -0.339. The lowest BCUT2D eigenvalue weighted by Crippen LogP contribution is -2.14. The van der Waals surface area contributed by atoms with E-state index in [4.69, 9.17) is 10.6 Å². The lowest BCUT2D eigenvalue weighted by atomic mass is 9.88. The van der Waals surface area contributed by atoms with Gasteiger partial charge in [-0.2, -0.15) is 0 Å². The van der Waals surface area contributed by atoms with E-state index in [1.165, 1.54) is 18.2 Å². The molecule has 0 aromatic heterocycles. The van der Waals surface area contributed by atoms with E-state index >= 15 is 0 Å². The van der Waals surface area contributed by atoms with Crippen LogP contribution in [0.25, 0.3) is 0 Å². The molecule has 0 bridgehead atoms. The molecule has 0 aliphatic carbocycles. The van der Waals surface area contributed by atoms with Crippen molar-refractivity contribution in [2.45, 2.75) is 19.1 Å². The summed E-state index contributed by atoms with van der Waals surface area (Å²) in [5.41, 5.74) is 9.57. The molecule has 31 heavy (non-hydrogen) atoms. The van der Waals surface area contributed by atoms with Crippen molar-refractivity contribution >= 4 is 18.7 Å². The fourth-order valence-electron chi connectivity index (χ4n) is 3.59. The molecule has 0 heterocycles. The second-order valence-corrected chi connectivity index (χ2v) is 6.88. The van der Waals surface area contributed by atoms with Gasteiger partial charge in [0.15, 0.2) is 6.10 Å². The Labute approximate surface area is 179 Å². The third-order valence-electron chi connectivity index (χ3n) is 5.02. The molecule has 0 saturated carbocycles. The van der Waals surface area contributed by atoms with Crippen LogP contribution in [-0.4, -0.2) is 28.9 Å². The van der Waals surface area contributed by atoms with Gasteiger partial charge in [-0.15, -0.1) is 5.16 Å². The Morgan fingerprint density at radius 3 is 2.26 bits per heavy atom. The van der Waals surface area contributed by atoms with Crippen molar-refractivity contribution in [3.05, 3.63) is 106 Å². The van der Waals surface area contributed by atoms with E-state index in [2.05, 4.69) is 11.9 Å². The smallest absolute Gasteiger partial charge is 0.336 e. The van der Waals surface area contributed by atoms with Gasteiger partial charge in [-0.25, -0.2) is 9.59 Å². The van der Waals surface area contributed by atoms with Gasteiger partial charge in [0, 0.05) is 18.8 Å². The first kappa shape index (κ1) is 21.7. The Balaban J connectivity index is 2.14. The van der Waals surface area contributed by atoms with Crippen LogP contribution in [0.2, 0.25) is 0 Å². The Morgan fingerprint density at radius 1 is 0.935 bits per heavy atom. The van der Waals surface area contributed by atoms with Crippen molar-refractivity contribution < 1.29 is 24.6 Å². The van der Waals surface area contributed by atoms with Crippen LogP contribution in [0.3, 0.4) is 0 Å². The zero-order valence-electron chi connectivity index (χ0n) is 16.7. The molecule has 0 aliphatic rings. The van der Waals surface area contributed by atoms with Crippen LogP contribution >= 0.6 is 0 Å². The van der Waals surface area contributed by atoms with Gasteiger partial charge in [0.2, 0.25) is 0 Å². The maximum Gasteiger partial charge on any atom is 0.336 e. The maximum atomic E-state index is 11.8. The summed E-state index contributed by atoms with van der Waals surface area (Å²) in [4.78, 5) is 28.7. The van der Waals surface area contributed by atoms with E-state index in [1.54, 1.807) is 0 Å². The first-order valence-corrected chi connectivity index (χ1v) is 9.53. The third kappa shape index (κ3) is 4.79. The summed E-state index contributed by atoms with van der Waals surface area (Å²) in [6.45, 7) is 3.69. The van der Waals surface area contributed by atoms with Crippen molar-refractivity contribution in [2.24, 2.45) is 10.9 Å². The average molecular weight is 418 g/mol. The minimum Gasteiger partial charge on any atom is -0.478 e. The molecular weight excluding hydrogens is 396 g/mol. The van der Waals surface area contributed by atoms with Gasteiger partial charge in [-0.05, 0) is 40.8 Å². The van der Waals surface area contributed by atoms with E-state index in [0.717, 1.165) is 22.3 Å². The van der Waals surface area contributed by atoms with E-state index in [1.807, 2.05) is 48.5 Å². The quantitative estimate of drug-likeness (QED) is 0.358. The van der Waals surface area contributed by atoms with Crippen molar-refractivity contribution in [1.82, 2.24) is 0 Å². The largest absolute Gasteiger partial charge is 0.478 e.